The standard InChI is InChI=1S/C29H36BrN3O3/c1-6-7-9-21-16-17-33(22-12-14-23(15-13-22)36-18-30)28(34)26(21)31-29(35)32-27-24(19(2)3)10-8-11-25(27)20(4)5/h8,10-17,19-20H,6-7,9,18H2,1-5H3,(H2,31,32,35). The number of aryl methyl sites for hydroxylation is 1. The summed E-state index contributed by atoms with van der Waals surface area (Å²) >= 11 is 3.25. The Morgan fingerprint density at radius 2 is 1.56 bits per heavy atom. The highest BCUT2D eigenvalue weighted by atomic mass is 79.9. The van der Waals surface area contributed by atoms with Crippen LogP contribution in [0.1, 0.15) is 76.0 Å². The molecule has 0 spiro atoms. The van der Waals surface area contributed by atoms with E-state index >= 15 is 0 Å². The lowest BCUT2D eigenvalue weighted by atomic mass is 9.93. The average Bonchev–Trinajstić information content (AvgIpc) is 2.85. The van der Waals surface area contributed by atoms with Crippen LogP contribution in [0, 0.1) is 0 Å². The minimum Gasteiger partial charge on any atom is -0.482 e. The summed E-state index contributed by atoms with van der Waals surface area (Å²) < 4.78 is 6.99. The van der Waals surface area contributed by atoms with E-state index in [4.69, 9.17) is 4.74 Å². The molecule has 2 aromatic carbocycles. The number of rotatable bonds is 10. The Labute approximate surface area is 222 Å². The van der Waals surface area contributed by atoms with Crippen LogP contribution in [-0.2, 0) is 6.42 Å². The minimum absolute atomic E-state index is 0.240. The van der Waals surface area contributed by atoms with Gasteiger partial charge in [0.05, 0.1) is 0 Å². The molecular formula is C29H36BrN3O3. The third-order valence-electron chi connectivity index (χ3n) is 6.16. The zero-order chi connectivity index (χ0) is 26.2. The van der Waals surface area contributed by atoms with Gasteiger partial charge < -0.3 is 15.4 Å². The number of anilines is 2. The van der Waals surface area contributed by atoms with Crippen molar-refractivity contribution < 1.29 is 9.53 Å². The van der Waals surface area contributed by atoms with Crippen LogP contribution in [0.4, 0.5) is 16.2 Å². The summed E-state index contributed by atoms with van der Waals surface area (Å²) in [5.74, 6) is 1.18. The minimum atomic E-state index is -0.418. The van der Waals surface area contributed by atoms with Crippen LogP contribution in [0.15, 0.2) is 59.5 Å². The lowest BCUT2D eigenvalue weighted by Gasteiger charge is -2.21. The molecule has 0 atom stereocenters. The van der Waals surface area contributed by atoms with Gasteiger partial charge in [0.15, 0.2) is 0 Å². The Morgan fingerprint density at radius 1 is 0.944 bits per heavy atom. The molecule has 3 aromatic rings. The van der Waals surface area contributed by atoms with Gasteiger partial charge >= 0.3 is 6.03 Å². The van der Waals surface area contributed by atoms with E-state index in [1.807, 2.05) is 48.5 Å². The second-order valence-corrected chi connectivity index (χ2v) is 9.90. The van der Waals surface area contributed by atoms with E-state index < -0.39 is 6.03 Å². The fraction of sp³-hybridized carbons (Fsp3) is 0.379. The Balaban J connectivity index is 1.98. The number of nitrogens with zero attached hydrogens (tertiary/aromatic N) is 1. The second kappa shape index (κ2) is 12.8. The van der Waals surface area contributed by atoms with Gasteiger partial charge in [0.2, 0.25) is 0 Å². The number of halogens is 1. The molecule has 0 aliphatic carbocycles. The highest BCUT2D eigenvalue weighted by Gasteiger charge is 2.19. The summed E-state index contributed by atoms with van der Waals surface area (Å²) in [6, 6.07) is 14.9. The SMILES string of the molecule is CCCCc1ccn(-c2ccc(OCBr)cc2)c(=O)c1NC(=O)Nc1c(C(C)C)cccc1C(C)C. The van der Waals surface area contributed by atoms with Gasteiger partial charge in [-0.05, 0) is 87.6 Å². The summed E-state index contributed by atoms with van der Waals surface area (Å²) in [5, 5.41) is 5.96. The third-order valence-corrected chi connectivity index (χ3v) is 6.39. The van der Waals surface area contributed by atoms with Crippen molar-refractivity contribution in [1.82, 2.24) is 4.57 Å². The van der Waals surface area contributed by atoms with Gasteiger partial charge in [-0.3, -0.25) is 9.36 Å². The average molecular weight is 555 g/mol. The molecule has 1 aromatic heterocycles. The van der Waals surface area contributed by atoms with Crippen molar-refractivity contribution in [3.63, 3.8) is 0 Å². The van der Waals surface area contributed by atoms with Gasteiger partial charge in [-0.15, -0.1) is 0 Å². The predicted octanol–water partition coefficient (Wildman–Crippen LogP) is 7.80. The summed E-state index contributed by atoms with van der Waals surface area (Å²) in [6.45, 7) is 10.5. The number of pyridine rings is 1. The number of hydrogen-bond donors (Lipinski definition) is 2. The molecule has 0 saturated heterocycles. The molecule has 0 fully saturated rings. The molecule has 6 nitrogen and oxygen atoms in total. The maximum absolute atomic E-state index is 13.6. The number of aromatic nitrogens is 1. The number of carbonyl (C=O) groups is 1. The summed E-state index contributed by atoms with van der Waals surface area (Å²) in [5.41, 5.74) is 4.89. The van der Waals surface area contributed by atoms with Crippen LogP contribution < -0.4 is 20.9 Å². The Hall–Kier alpha value is -3.06. The highest BCUT2D eigenvalue weighted by Crippen LogP contribution is 2.32. The van der Waals surface area contributed by atoms with Crippen molar-refractivity contribution >= 4 is 33.3 Å². The van der Waals surface area contributed by atoms with E-state index in [2.05, 4.69) is 61.2 Å². The molecule has 1 heterocycles. The molecule has 0 aliphatic rings. The zero-order valence-corrected chi connectivity index (χ0v) is 23.3. The molecule has 2 amide bonds. The molecule has 2 N–H and O–H groups in total. The van der Waals surface area contributed by atoms with Crippen molar-refractivity contribution in [2.24, 2.45) is 0 Å². The molecule has 0 saturated carbocycles. The molecule has 3 rings (SSSR count). The number of amides is 2. The lowest BCUT2D eigenvalue weighted by Crippen LogP contribution is -2.29. The number of benzene rings is 2. The third kappa shape index (κ3) is 6.58. The maximum atomic E-state index is 13.6. The lowest BCUT2D eigenvalue weighted by molar-refractivity contribution is 0.262. The van der Waals surface area contributed by atoms with Gasteiger partial charge in [0.25, 0.3) is 5.56 Å². The van der Waals surface area contributed by atoms with Crippen molar-refractivity contribution in [3.8, 4) is 11.4 Å². The van der Waals surface area contributed by atoms with Gasteiger partial charge in [0, 0.05) is 17.6 Å². The van der Waals surface area contributed by atoms with Gasteiger partial charge in [-0.1, -0.05) is 59.2 Å². The molecule has 0 unspecified atom stereocenters. The first-order chi connectivity index (χ1) is 17.3. The summed E-state index contributed by atoms with van der Waals surface area (Å²) in [4.78, 5) is 26.9. The molecule has 192 valence electrons. The normalized spacial score (nSPS) is 11.1. The molecule has 0 aliphatic heterocycles. The summed E-state index contributed by atoms with van der Waals surface area (Å²) in [6.07, 6.45) is 4.39. The van der Waals surface area contributed by atoms with Crippen LogP contribution in [0.25, 0.3) is 5.69 Å². The maximum Gasteiger partial charge on any atom is 0.323 e. The number of alkyl halides is 1. The van der Waals surface area contributed by atoms with E-state index in [-0.39, 0.29) is 17.4 Å². The van der Waals surface area contributed by atoms with E-state index in [0.717, 1.165) is 35.2 Å². The Bertz CT molecular complexity index is 1210. The number of nitrogens with one attached hydrogen (secondary N) is 2. The van der Waals surface area contributed by atoms with E-state index in [0.29, 0.717) is 29.1 Å². The van der Waals surface area contributed by atoms with Crippen molar-refractivity contribution in [1.29, 1.82) is 0 Å². The molecule has 36 heavy (non-hydrogen) atoms. The highest BCUT2D eigenvalue weighted by molar-refractivity contribution is 9.09. The quantitative estimate of drug-likeness (QED) is 0.251. The first-order valence-electron chi connectivity index (χ1n) is 12.5. The number of carbonyl (C=O) groups excluding carboxylic acids is 1. The Kier molecular flexibility index (Phi) is 9.76. The van der Waals surface area contributed by atoms with E-state index in [1.165, 1.54) is 0 Å². The van der Waals surface area contributed by atoms with Crippen molar-refractivity contribution in [2.75, 3.05) is 16.1 Å². The topological polar surface area (TPSA) is 72.4 Å². The molecule has 0 bridgehead atoms. The van der Waals surface area contributed by atoms with Crippen LogP contribution in [0.2, 0.25) is 0 Å². The summed E-state index contributed by atoms with van der Waals surface area (Å²) in [7, 11) is 0. The number of hydrogen-bond acceptors (Lipinski definition) is 3. The van der Waals surface area contributed by atoms with E-state index in [1.54, 1.807) is 10.8 Å². The van der Waals surface area contributed by atoms with Gasteiger partial charge in [0.1, 0.15) is 17.0 Å². The van der Waals surface area contributed by atoms with Crippen LogP contribution in [0.5, 0.6) is 5.75 Å². The second-order valence-electron chi connectivity index (χ2n) is 9.44. The zero-order valence-electron chi connectivity index (χ0n) is 21.7. The fourth-order valence-corrected chi connectivity index (χ4v) is 4.47. The van der Waals surface area contributed by atoms with Crippen molar-refractivity contribution in [2.45, 2.75) is 65.7 Å². The van der Waals surface area contributed by atoms with Crippen LogP contribution in [-0.4, -0.2) is 16.1 Å². The number of unbranched alkanes of at least 4 members (excludes halogenated alkanes) is 1. The predicted molar refractivity (Wildman–Crippen MR) is 152 cm³/mol. The molecule has 0 radical (unpaired) electrons. The Morgan fingerprint density at radius 3 is 2.11 bits per heavy atom. The largest absolute Gasteiger partial charge is 0.482 e. The first kappa shape index (κ1) is 27.5. The number of ether oxygens (including phenoxy) is 1. The first-order valence-corrected chi connectivity index (χ1v) is 13.6. The number of para-hydroxylation sites is 1. The van der Waals surface area contributed by atoms with Crippen LogP contribution >= 0.6 is 15.9 Å². The van der Waals surface area contributed by atoms with Gasteiger partial charge in [-0.2, -0.15) is 0 Å². The smallest absolute Gasteiger partial charge is 0.323 e. The fourth-order valence-electron chi connectivity index (χ4n) is 4.21. The monoisotopic (exact) mass is 553 g/mol. The van der Waals surface area contributed by atoms with Crippen molar-refractivity contribution in [3.05, 3.63) is 81.8 Å². The molecule has 7 heteroatoms. The molecular weight excluding hydrogens is 518 g/mol. The van der Waals surface area contributed by atoms with Crippen LogP contribution in [0.3, 0.4) is 0 Å². The van der Waals surface area contributed by atoms with E-state index in [9.17, 15) is 9.59 Å². The number of urea groups is 1. The van der Waals surface area contributed by atoms with Gasteiger partial charge in [-0.25, -0.2) is 4.79 Å².